The third-order valence-corrected chi connectivity index (χ3v) is 5.68. The molecule has 1 aliphatic heterocycles. The zero-order valence-corrected chi connectivity index (χ0v) is 15.9. The van der Waals surface area contributed by atoms with Gasteiger partial charge in [-0.05, 0) is 45.1 Å². The molecule has 0 spiro atoms. The van der Waals surface area contributed by atoms with Crippen molar-refractivity contribution in [1.29, 1.82) is 0 Å². The van der Waals surface area contributed by atoms with Gasteiger partial charge in [0.15, 0.2) is 5.79 Å². The Labute approximate surface area is 152 Å². The van der Waals surface area contributed by atoms with Crippen LogP contribution < -0.4 is 5.73 Å². The van der Waals surface area contributed by atoms with Crippen LogP contribution in [0.1, 0.15) is 58.4 Å². The van der Waals surface area contributed by atoms with Crippen molar-refractivity contribution in [2.75, 3.05) is 6.61 Å². The maximum Gasteiger partial charge on any atom is 0.163 e. The van der Waals surface area contributed by atoms with Crippen molar-refractivity contribution in [3.05, 3.63) is 35.9 Å². The number of rotatable bonds is 6. The Bertz CT molecular complexity index is 537. The summed E-state index contributed by atoms with van der Waals surface area (Å²) in [5.41, 5.74) is 7.60. The maximum absolute atomic E-state index is 6.83. The highest BCUT2D eigenvalue weighted by molar-refractivity contribution is 5.13. The van der Waals surface area contributed by atoms with Crippen LogP contribution in [0.15, 0.2) is 30.3 Å². The molecule has 0 bridgehead atoms. The molecule has 0 amide bonds. The van der Waals surface area contributed by atoms with Gasteiger partial charge in [0.25, 0.3) is 0 Å². The van der Waals surface area contributed by atoms with Crippen LogP contribution >= 0.6 is 0 Å². The minimum atomic E-state index is -0.610. The summed E-state index contributed by atoms with van der Waals surface area (Å²) in [6.45, 7) is 7.16. The lowest BCUT2D eigenvalue weighted by Gasteiger charge is -2.42. The van der Waals surface area contributed by atoms with Crippen molar-refractivity contribution in [1.82, 2.24) is 0 Å². The molecule has 1 heterocycles. The van der Waals surface area contributed by atoms with E-state index < -0.39 is 11.3 Å². The van der Waals surface area contributed by atoms with Crippen molar-refractivity contribution in [2.45, 2.75) is 83.0 Å². The molecule has 2 N–H and O–H groups in total. The summed E-state index contributed by atoms with van der Waals surface area (Å²) < 4.78 is 18.4. The van der Waals surface area contributed by atoms with Crippen LogP contribution in [0.25, 0.3) is 0 Å². The van der Waals surface area contributed by atoms with Gasteiger partial charge >= 0.3 is 0 Å². The number of benzene rings is 1. The Balaban J connectivity index is 1.63. The van der Waals surface area contributed by atoms with E-state index in [1.54, 1.807) is 0 Å². The largest absolute Gasteiger partial charge is 0.374 e. The number of hydrogen-bond acceptors (Lipinski definition) is 4. The molecule has 1 aliphatic carbocycles. The molecule has 25 heavy (non-hydrogen) atoms. The van der Waals surface area contributed by atoms with Crippen molar-refractivity contribution in [2.24, 2.45) is 11.7 Å². The fourth-order valence-electron chi connectivity index (χ4n) is 4.31. The molecule has 4 nitrogen and oxygen atoms in total. The molecule has 140 valence electrons. The second-order valence-corrected chi connectivity index (χ2v) is 8.30. The fourth-order valence-corrected chi connectivity index (χ4v) is 4.31. The number of hydrogen-bond donors (Lipinski definition) is 1. The van der Waals surface area contributed by atoms with Crippen LogP contribution in [-0.4, -0.2) is 30.1 Å². The second kappa shape index (κ2) is 7.75. The van der Waals surface area contributed by atoms with Gasteiger partial charge in [0.05, 0.1) is 13.2 Å². The van der Waals surface area contributed by atoms with E-state index in [0.717, 1.165) is 0 Å². The smallest absolute Gasteiger partial charge is 0.163 e. The summed E-state index contributed by atoms with van der Waals surface area (Å²) in [5.74, 6) is -0.124. The minimum absolute atomic E-state index is 0.129. The Morgan fingerprint density at radius 1 is 1.12 bits per heavy atom. The molecule has 0 aromatic heterocycles. The molecule has 3 rings (SSSR count). The van der Waals surface area contributed by atoms with Gasteiger partial charge in [0, 0.05) is 5.54 Å². The first-order valence-corrected chi connectivity index (χ1v) is 9.65. The Morgan fingerprint density at radius 2 is 1.80 bits per heavy atom. The standard InChI is InChI=1S/C21H33NO3/c1-20(2)24-18(15-23-14-16-10-6-4-7-11-16)19(25-20)21(3,22)17-12-8-5-9-13-17/h4,6-7,10-11,17-19H,5,8-9,12-15,22H2,1-3H3/t18-,19+,21+/m0/s1. The summed E-state index contributed by atoms with van der Waals surface area (Å²) >= 11 is 0. The molecule has 2 fully saturated rings. The minimum Gasteiger partial charge on any atom is -0.374 e. The third-order valence-electron chi connectivity index (χ3n) is 5.68. The van der Waals surface area contributed by atoms with Crippen LogP contribution in [0.2, 0.25) is 0 Å². The lowest BCUT2D eigenvalue weighted by atomic mass is 9.72. The molecule has 1 saturated carbocycles. The first-order valence-electron chi connectivity index (χ1n) is 9.65. The van der Waals surface area contributed by atoms with Gasteiger partial charge < -0.3 is 19.9 Å². The van der Waals surface area contributed by atoms with E-state index in [0.29, 0.717) is 19.1 Å². The highest BCUT2D eigenvalue weighted by atomic mass is 16.8. The molecule has 0 unspecified atom stereocenters. The molecule has 2 aliphatic rings. The van der Waals surface area contributed by atoms with Gasteiger partial charge in [-0.25, -0.2) is 0 Å². The maximum atomic E-state index is 6.83. The number of nitrogens with two attached hydrogens (primary N) is 1. The van der Waals surface area contributed by atoms with Gasteiger partial charge in [-0.15, -0.1) is 0 Å². The zero-order valence-electron chi connectivity index (χ0n) is 15.9. The van der Waals surface area contributed by atoms with Crippen LogP contribution in [-0.2, 0) is 20.8 Å². The molecule has 4 heteroatoms. The Hall–Kier alpha value is -0.940. The van der Waals surface area contributed by atoms with E-state index in [-0.39, 0.29) is 12.2 Å². The van der Waals surface area contributed by atoms with E-state index in [1.165, 1.54) is 37.7 Å². The molecule has 3 atom stereocenters. The predicted molar refractivity (Wildman–Crippen MR) is 99.1 cm³/mol. The summed E-state index contributed by atoms with van der Waals surface area (Å²) in [6, 6.07) is 10.2. The first kappa shape index (κ1) is 18.8. The molecule has 1 aromatic carbocycles. The average molecular weight is 347 g/mol. The topological polar surface area (TPSA) is 53.7 Å². The summed E-state index contributed by atoms with van der Waals surface area (Å²) in [7, 11) is 0. The number of ether oxygens (including phenoxy) is 3. The van der Waals surface area contributed by atoms with Crippen molar-refractivity contribution in [3.8, 4) is 0 Å². The zero-order chi connectivity index (χ0) is 17.9. The predicted octanol–water partition coefficient (Wildman–Crippen LogP) is 4.02. The van der Waals surface area contributed by atoms with E-state index in [4.69, 9.17) is 19.9 Å². The SMILES string of the molecule is CC1(C)O[C@@H](COCc2ccccc2)[C@H]([C@](C)(N)C2CCCCC2)O1. The monoisotopic (exact) mass is 347 g/mol. The van der Waals surface area contributed by atoms with E-state index in [1.807, 2.05) is 32.0 Å². The lowest BCUT2D eigenvalue weighted by Crippen LogP contribution is -2.58. The van der Waals surface area contributed by atoms with Gasteiger partial charge in [0.1, 0.15) is 12.2 Å². The van der Waals surface area contributed by atoms with Crippen LogP contribution in [0.5, 0.6) is 0 Å². The fraction of sp³-hybridized carbons (Fsp3) is 0.714. The quantitative estimate of drug-likeness (QED) is 0.844. The van der Waals surface area contributed by atoms with Crippen molar-refractivity contribution < 1.29 is 14.2 Å². The normalized spacial score (nSPS) is 29.4. The van der Waals surface area contributed by atoms with E-state index in [9.17, 15) is 0 Å². The Kier molecular flexibility index (Phi) is 5.84. The molecule has 1 saturated heterocycles. The van der Waals surface area contributed by atoms with Crippen LogP contribution in [0, 0.1) is 5.92 Å². The summed E-state index contributed by atoms with van der Waals surface area (Å²) in [4.78, 5) is 0. The van der Waals surface area contributed by atoms with Crippen molar-refractivity contribution in [3.63, 3.8) is 0 Å². The Morgan fingerprint density at radius 3 is 2.48 bits per heavy atom. The highest BCUT2D eigenvalue weighted by Crippen LogP contribution is 2.40. The molecule has 0 radical (unpaired) electrons. The van der Waals surface area contributed by atoms with Gasteiger partial charge in [-0.2, -0.15) is 0 Å². The lowest BCUT2D eigenvalue weighted by molar-refractivity contribution is -0.157. The summed E-state index contributed by atoms with van der Waals surface area (Å²) in [5, 5.41) is 0. The van der Waals surface area contributed by atoms with E-state index in [2.05, 4.69) is 19.1 Å². The van der Waals surface area contributed by atoms with Gasteiger partial charge in [-0.3, -0.25) is 0 Å². The molecular weight excluding hydrogens is 314 g/mol. The second-order valence-electron chi connectivity index (χ2n) is 8.30. The van der Waals surface area contributed by atoms with E-state index >= 15 is 0 Å². The molecular formula is C21H33NO3. The first-order chi connectivity index (χ1) is 11.9. The van der Waals surface area contributed by atoms with Gasteiger partial charge in [0.2, 0.25) is 0 Å². The van der Waals surface area contributed by atoms with Crippen LogP contribution in [0.4, 0.5) is 0 Å². The van der Waals surface area contributed by atoms with Gasteiger partial charge in [-0.1, -0.05) is 49.6 Å². The summed E-state index contributed by atoms with van der Waals surface area (Å²) in [6.07, 6.45) is 5.96. The average Bonchev–Trinajstić information content (AvgIpc) is 2.92. The van der Waals surface area contributed by atoms with Crippen molar-refractivity contribution >= 4 is 0 Å². The van der Waals surface area contributed by atoms with Crippen LogP contribution in [0.3, 0.4) is 0 Å². The highest BCUT2D eigenvalue weighted by Gasteiger charge is 2.51. The molecule has 1 aromatic rings. The third kappa shape index (κ3) is 4.62.